The lowest BCUT2D eigenvalue weighted by molar-refractivity contribution is -0.139. The van der Waals surface area contributed by atoms with Gasteiger partial charge in [0.15, 0.2) is 0 Å². The number of carbonyl (C=O) groups excluding carboxylic acids is 2. The second-order valence-electron chi connectivity index (χ2n) is 9.70. The monoisotopic (exact) mass is 462 g/mol. The highest BCUT2D eigenvalue weighted by molar-refractivity contribution is 5.80. The molecular weight excluding hydrogens is 432 g/mol. The number of rotatable bonds is 7. The van der Waals surface area contributed by atoms with E-state index in [1.54, 1.807) is 0 Å². The highest BCUT2D eigenvalue weighted by Gasteiger charge is 2.43. The minimum Gasteiger partial charge on any atom is -0.481 e. The number of fused-ring (bicyclic) bond motifs is 3. The lowest BCUT2D eigenvalue weighted by Gasteiger charge is -2.28. The number of benzene rings is 2. The first-order valence-electron chi connectivity index (χ1n) is 12.1. The summed E-state index contributed by atoms with van der Waals surface area (Å²) in [5.41, 5.74) is 4.76. The summed E-state index contributed by atoms with van der Waals surface area (Å²) in [4.78, 5) is 35.8. The fourth-order valence-corrected chi connectivity index (χ4v) is 5.46. The van der Waals surface area contributed by atoms with Crippen LogP contribution in [-0.4, -0.2) is 42.3 Å². The van der Waals surface area contributed by atoms with Gasteiger partial charge in [-0.05, 0) is 60.3 Å². The Hall–Kier alpha value is -3.35. The summed E-state index contributed by atoms with van der Waals surface area (Å²) in [7, 11) is 0. The number of nitrogens with one attached hydrogen (secondary N) is 2. The third kappa shape index (κ3) is 4.65. The summed E-state index contributed by atoms with van der Waals surface area (Å²) in [6.45, 7) is 0.726. The van der Waals surface area contributed by atoms with Crippen LogP contribution in [0.4, 0.5) is 4.79 Å². The zero-order chi connectivity index (χ0) is 23.7. The van der Waals surface area contributed by atoms with Crippen LogP contribution in [0, 0.1) is 17.8 Å². The molecule has 0 spiro atoms. The summed E-state index contributed by atoms with van der Waals surface area (Å²) in [6.07, 6.45) is 3.09. The predicted molar refractivity (Wildman–Crippen MR) is 126 cm³/mol. The number of aliphatic carboxylic acids is 1. The number of carboxylic acid groups (broad SMARTS) is 1. The van der Waals surface area contributed by atoms with Gasteiger partial charge < -0.3 is 20.5 Å². The zero-order valence-corrected chi connectivity index (χ0v) is 19.0. The largest absolute Gasteiger partial charge is 0.481 e. The van der Waals surface area contributed by atoms with Crippen molar-refractivity contribution in [3.05, 3.63) is 59.7 Å². The van der Waals surface area contributed by atoms with E-state index in [9.17, 15) is 14.4 Å². The number of carbonyl (C=O) groups is 3. The van der Waals surface area contributed by atoms with Gasteiger partial charge in [-0.15, -0.1) is 0 Å². The van der Waals surface area contributed by atoms with Gasteiger partial charge in [-0.2, -0.15) is 0 Å². The molecule has 2 saturated carbocycles. The molecule has 178 valence electrons. The van der Waals surface area contributed by atoms with Gasteiger partial charge in [-0.25, -0.2) is 4.79 Å². The molecule has 0 radical (unpaired) electrons. The van der Waals surface area contributed by atoms with Gasteiger partial charge in [0.1, 0.15) is 6.61 Å². The normalized spacial score (nSPS) is 25.1. The number of hydrogen-bond acceptors (Lipinski definition) is 4. The van der Waals surface area contributed by atoms with Crippen LogP contribution in [0.15, 0.2) is 48.5 Å². The molecule has 2 amide bonds. The minimum absolute atomic E-state index is 0.000441. The Balaban J connectivity index is 1.06. The predicted octanol–water partition coefficient (Wildman–Crippen LogP) is 3.92. The van der Waals surface area contributed by atoms with Crippen LogP contribution in [0.5, 0.6) is 0 Å². The van der Waals surface area contributed by atoms with Gasteiger partial charge in [0.2, 0.25) is 5.91 Å². The maximum atomic E-state index is 12.5. The molecule has 7 nitrogen and oxygen atoms in total. The molecule has 2 aromatic rings. The van der Waals surface area contributed by atoms with Crippen molar-refractivity contribution in [3.63, 3.8) is 0 Å². The first-order valence-corrected chi connectivity index (χ1v) is 12.1. The van der Waals surface area contributed by atoms with E-state index in [1.165, 1.54) is 22.3 Å². The van der Waals surface area contributed by atoms with E-state index < -0.39 is 12.1 Å². The van der Waals surface area contributed by atoms with Crippen molar-refractivity contribution in [3.8, 4) is 11.1 Å². The van der Waals surface area contributed by atoms with Gasteiger partial charge in [0.05, 0.1) is 5.92 Å². The molecule has 5 rings (SSSR count). The number of carboxylic acids is 1. The first-order chi connectivity index (χ1) is 16.5. The first kappa shape index (κ1) is 22.4. The molecule has 34 heavy (non-hydrogen) atoms. The van der Waals surface area contributed by atoms with Gasteiger partial charge in [0, 0.05) is 24.4 Å². The molecule has 0 heterocycles. The topological polar surface area (TPSA) is 105 Å². The fourth-order valence-electron chi connectivity index (χ4n) is 5.46. The molecule has 2 atom stereocenters. The van der Waals surface area contributed by atoms with Crippen molar-refractivity contribution in [1.82, 2.24) is 10.6 Å². The van der Waals surface area contributed by atoms with E-state index in [0.29, 0.717) is 25.8 Å². The third-order valence-corrected chi connectivity index (χ3v) is 7.54. The average molecular weight is 463 g/mol. The Labute approximate surface area is 198 Å². The van der Waals surface area contributed by atoms with Crippen LogP contribution in [0.3, 0.4) is 0 Å². The number of ether oxygens (including phenoxy) is 1. The van der Waals surface area contributed by atoms with Crippen LogP contribution in [0.25, 0.3) is 11.1 Å². The van der Waals surface area contributed by atoms with Gasteiger partial charge in [-0.1, -0.05) is 48.5 Å². The molecule has 0 saturated heterocycles. The molecule has 3 aliphatic carbocycles. The summed E-state index contributed by atoms with van der Waals surface area (Å²) in [5, 5.41) is 14.8. The van der Waals surface area contributed by atoms with Crippen LogP contribution >= 0.6 is 0 Å². The van der Waals surface area contributed by atoms with Crippen LogP contribution in [-0.2, 0) is 14.3 Å². The maximum absolute atomic E-state index is 12.5. The van der Waals surface area contributed by atoms with Crippen LogP contribution in [0.2, 0.25) is 0 Å². The molecule has 2 aromatic carbocycles. The summed E-state index contributed by atoms with van der Waals surface area (Å²) in [5.74, 6) is -1.08. The van der Waals surface area contributed by atoms with E-state index in [2.05, 4.69) is 34.9 Å². The molecule has 0 aromatic heterocycles. The van der Waals surface area contributed by atoms with E-state index >= 15 is 0 Å². The number of hydrogen-bond donors (Lipinski definition) is 3. The number of amides is 2. The highest BCUT2D eigenvalue weighted by Crippen LogP contribution is 2.44. The minimum atomic E-state index is -0.779. The molecule has 3 N–H and O–H groups in total. The van der Waals surface area contributed by atoms with Crippen molar-refractivity contribution >= 4 is 18.0 Å². The van der Waals surface area contributed by atoms with Crippen molar-refractivity contribution in [1.29, 1.82) is 0 Å². The Morgan fingerprint density at radius 1 is 0.912 bits per heavy atom. The standard InChI is InChI=1S/C27H30N2O5/c30-25(28-14-17-13-23(17)26(31)32)16-9-11-18(12-10-16)29-27(33)34-15-24-21-7-3-1-5-19(21)20-6-2-4-8-22(20)24/h1-8,16-18,23-24H,9-15H2,(H,28,30)(H,29,33)(H,31,32)/t16?,17-,18?,23-/m0/s1. The van der Waals surface area contributed by atoms with Gasteiger partial charge >= 0.3 is 12.1 Å². The highest BCUT2D eigenvalue weighted by atomic mass is 16.5. The van der Waals surface area contributed by atoms with Crippen molar-refractivity contribution in [2.24, 2.45) is 17.8 Å². The lowest BCUT2D eigenvalue weighted by atomic mass is 9.85. The zero-order valence-electron chi connectivity index (χ0n) is 19.0. The maximum Gasteiger partial charge on any atom is 0.407 e. The summed E-state index contributed by atoms with van der Waals surface area (Å²) >= 11 is 0. The Bertz CT molecular complexity index is 1050. The van der Waals surface area contributed by atoms with Crippen molar-refractivity contribution < 1.29 is 24.2 Å². The van der Waals surface area contributed by atoms with Crippen molar-refractivity contribution in [2.75, 3.05) is 13.2 Å². The second-order valence-corrected chi connectivity index (χ2v) is 9.70. The molecule has 0 unspecified atom stereocenters. The molecule has 0 bridgehead atoms. The Morgan fingerprint density at radius 2 is 1.53 bits per heavy atom. The quantitative estimate of drug-likeness (QED) is 0.579. The Kier molecular flexibility index (Phi) is 6.26. The van der Waals surface area contributed by atoms with Crippen LogP contribution < -0.4 is 10.6 Å². The molecular formula is C27H30N2O5. The van der Waals surface area contributed by atoms with E-state index in [0.717, 1.165) is 12.8 Å². The van der Waals surface area contributed by atoms with E-state index in [1.807, 2.05) is 24.3 Å². The molecule has 2 fully saturated rings. The second kappa shape index (κ2) is 9.49. The lowest BCUT2D eigenvalue weighted by Crippen LogP contribution is -2.41. The summed E-state index contributed by atoms with van der Waals surface area (Å²) in [6, 6.07) is 16.5. The third-order valence-electron chi connectivity index (χ3n) is 7.54. The SMILES string of the molecule is O=C(NC1CCC(C(=O)NC[C@@H]2C[C@@H]2C(=O)O)CC1)OCC1c2ccccc2-c2ccccc21. The van der Waals surface area contributed by atoms with Gasteiger partial charge in [-0.3, -0.25) is 9.59 Å². The van der Waals surface area contributed by atoms with Gasteiger partial charge in [0.25, 0.3) is 0 Å². The molecule has 0 aliphatic heterocycles. The van der Waals surface area contributed by atoms with E-state index in [4.69, 9.17) is 9.84 Å². The molecule has 7 heteroatoms. The van der Waals surface area contributed by atoms with Crippen molar-refractivity contribution in [2.45, 2.75) is 44.1 Å². The molecule has 3 aliphatic rings. The smallest absolute Gasteiger partial charge is 0.407 e. The Morgan fingerprint density at radius 3 is 2.12 bits per heavy atom. The van der Waals surface area contributed by atoms with Crippen LogP contribution in [0.1, 0.15) is 49.1 Å². The fraction of sp³-hybridized carbons (Fsp3) is 0.444. The number of alkyl carbamates (subject to hydrolysis) is 1. The average Bonchev–Trinajstić information content (AvgIpc) is 3.57. The summed E-state index contributed by atoms with van der Waals surface area (Å²) < 4.78 is 5.64. The van der Waals surface area contributed by atoms with E-state index in [-0.39, 0.29) is 42.2 Å².